The zero-order valence-electron chi connectivity index (χ0n) is 18.2. The lowest BCUT2D eigenvalue weighted by Gasteiger charge is -2.31. The molecule has 0 N–H and O–H groups in total. The number of fused-ring (bicyclic) bond motifs is 1. The van der Waals surface area contributed by atoms with Crippen LogP contribution in [0.3, 0.4) is 0 Å². The normalized spacial score (nSPS) is 14.4. The van der Waals surface area contributed by atoms with Crippen LogP contribution in [0, 0.1) is 5.92 Å². The van der Waals surface area contributed by atoms with Crippen LogP contribution in [0.15, 0.2) is 73.1 Å². The van der Waals surface area contributed by atoms with E-state index in [1.165, 1.54) is 0 Å². The number of benzene rings is 2. The fourth-order valence-corrected chi connectivity index (χ4v) is 4.71. The minimum absolute atomic E-state index is 0.0406. The van der Waals surface area contributed by atoms with E-state index in [0.717, 1.165) is 16.5 Å². The van der Waals surface area contributed by atoms with E-state index in [2.05, 4.69) is 4.98 Å². The van der Waals surface area contributed by atoms with Gasteiger partial charge < -0.3 is 4.90 Å². The van der Waals surface area contributed by atoms with Crippen LogP contribution < -0.4 is 0 Å². The molecule has 1 aliphatic rings. The van der Waals surface area contributed by atoms with Gasteiger partial charge in [-0.15, -0.1) is 0 Å². The Morgan fingerprint density at radius 2 is 1.71 bits per heavy atom. The lowest BCUT2D eigenvalue weighted by atomic mass is 9.88. The zero-order valence-corrected chi connectivity index (χ0v) is 19.8. The van der Waals surface area contributed by atoms with Crippen LogP contribution in [-0.4, -0.2) is 39.6 Å². The van der Waals surface area contributed by atoms with Gasteiger partial charge in [-0.1, -0.05) is 41.4 Å². The molecule has 0 atom stereocenters. The van der Waals surface area contributed by atoms with E-state index in [0.29, 0.717) is 52.8 Å². The molecule has 0 radical (unpaired) electrons. The summed E-state index contributed by atoms with van der Waals surface area (Å²) < 4.78 is 0. The number of para-hydroxylation sites is 1. The van der Waals surface area contributed by atoms with Gasteiger partial charge in [-0.05, 0) is 55.3 Å². The number of ketones is 1. The van der Waals surface area contributed by atoms with Crippen molar-refractivity contribution in [1.82, 2.24) is 14.9 Å². The van der Waals surface area contributed by atoms with Gasteiger partial charge in [0.2, 0.25) is 0 Å². The van der Waals surface area contributed by atoms with Crippen molar-refractivity contribution >= 4 is 45.8 Å². The van der Waals surface area contributed by atoms with Gasteiger partial charge >= 0.3 is 0 Å². The molecule has 7 heteroatoms. The van der Waals surface area contributed by atoms with Crippen LogP contribution in [0.5, 0.6) is 0 Å². The Morgan fingerprint density at radius 1 is 0.912 bits per heavy atom. The molecule has 2 aromatic carbocycles. The second-order valence-corrected chi connectivity index (χ2v) is 9.19. The molecule has 2 aromatic heterocycles. The molecule has 3 heterocycles. The van der Waals surface area contributed by atoms with E-state index in [1.807, 2.05) is 47.4 Å². The molecule has 5 rings (SSSR count). The number of halogens is 2. The van der Waals surface area contributed by atoms with E-state index >= 15 is 0 Å². The van der Waals surface area contributed by atoms with Gasteiger partial charge in [0.05, 0.1) is 26.8 Å². The quantitative estimate of drug-likeness (QED) is 0.313. The van der Waals surface area contributed by atoms with Crippen LogP contribution in [0.1, 0.15) is 33.6 Å². The van der Waals surface area contributed by atoms with E-state index in [-0.39, 0.29) is 17.6 Å². The average molecular weight is 490 g/mol. The molecule has 0 unspecified atom stereocenters. The maximum Gasteiger partial charge on any atom is 0.254 e. The molecule has 4 aromatic rings. The maximum absolute atomic E-state index is 13.6. The van der Waals surface area contributed by atoms with Crippen molar-refractivity contribution in [3.8, 4) is 11.3 Å². The molecule has 1 amide bonds. The molecule has 0 aliphatic carbocycles. The lowest BCUT2D eigenvalue weighted by Crippen LogP contribution is -2.40. The summed E-state index contributed by atoms with van der Waals surface area (Å²) in [4.78, 5) is 37.3. The highest BCUT2D eigenvalue weighted by Gasteiger charge is 2.29. The predicted octanol–water partition coefficient (Wildman–Crippen LogP) is 6.34. The van der Waals surface area contributed by atoms with E-state index in [1.54, 1.807) is 30.6 Å². The third-order valence-corrected chi connectivity index (χ3v) is 7.00. The number of piperidine rings is 1. The van der Waals surface area contributed by atoms with Crippen molar-refractivity contribution in [2.75, 3.05) is 13.1 Å². The fourth-order valence-electron chi connectivity index (χ4n) is 4.41. The molecule has 34 heavy (non-hydrogen) atoms. The number of carbonyl (C=O) groups excluding carboxylic acids is 2. The predicted molar refractivity (Wildman–Crippen MR) is 134 cm³/mol. The molecule has 0 spiro atoms. The fraction of sp³-hybridized carbons (Fsp3) is 0.185. The number of rotatable bonds is 4. The van der Waals surface area contributed by atoms with Crippen LogP contribution in [0.25, 0.3) is 22.2 Å². The Labute approximate surface area is 207 Å². The number of pyridine rings is 2. The first kappa shape index (κ1) is 22.5. The van der Waals surface area contributed by atoms with Gasteiger partial charge in [0, 0.05) is 47.9 Å². The zero-order chi connectivity index (χ0) is 23.7. The highest BCUT2D eigenvalue weighted by atomic mass is 35.5. The van der Waals surface area contributed by atoms with Crippen molar-refractivity contribution in [3.63, 3.8) is 0 Å². The van der Waals surface area contributed by atoms with Gasteiger partial charge in [0.1, 0.15) is 0 Å². The molecule has 0 saturated carbocycles. The summed E-state index contributed by atoms with van der Waals surface area (Å²) in [6.07, 6.45) is 4.65. The summed E-state index contributed by atoms with van der Waals surface area (Å²) in [6.45, 7) is 1.02. The van der Waals surface area contributed by atoms with E-state index in [9.17, 15) is 9.59 Å². The number of hydrogen-bond donors (Lipinski definition) is 0. The number of aromatic nitrogens is 2. The molecule has 0 bridgehead atoms. The summed E-state index contributed by atoms with van der Waals surface area (Å²) >= 11 is 12.1. The second-order valence-electron chi connectivity index (χ2n) is 8.37. The third kappa shape index (κ3) is 4.41. The summed E-state index contributed by atoms with van der Waals surface area (Å²) in [5.41, 5.74) is 3.49. The number of hydrogen-bond acceptors (Lipinski definition) is 4. The SMILES string of the molecule is O=C(c1ccc(Cl)c(Cl)c1)C1CCN(C(=O)c2cc(-c3cccnc3)nc3ccccc23)CC1. The third-order valence-electron chi connectivity index (χ3n) is 6.26. The minimum Gasteiger partial charge on any atom is -0.339 e. The van der Waals surface area contributed by atoms with Crippen molar-refractivity contribution in [3.05, 3.63) is 94.2 Å². The highest BCUT2D eigenvalue weighted by Crippen LogP contribution is 2.29. The standard InChI is InChI=1S/C27H21Cl2N3O2/c28-22-8-7-18(14-23(22)29)26(33)17-9-12-32(13-10-17)27(34)21-15-25(19-4-3-11-30-16-19)31-24-6-2-1-5-20(21)24/h1-8,11,14-17H,9-10,12-13H2. The minimum atomic E-state index is -0.151. The van der Waals surface area contributed by atoms with Crippen LogP contribution in [0.4, 0.5) is 0 Å². The van der Waals surface area contributed by atoms with Crippen molar-refractivity contribution in [1.29, 1.82) is 0 Å². The lowest BCUT2D eigenvalue weighted by molar-refractivity contribution is 0.0652. The Balaban J connectivity index is 1.38. The van der Waals surface area contributed by atoms with E-state index < -0.39 is 0 Å². The summed E-state index contributed by atoms with van der Waals surface area (Å²) in [6, 6.07) is 18.2. The van der Waals surface area contributed by atoms with Gasteiger partial charge in [-0.2, -0.15) is 0 Å². The summed E-state index contributed by atoms with van der Waals surface area (Å²) in [7, 11) is 0. The second kappa shape index (κ2) is 9.53. The van der Waals surface area contributed by atoms with E-state index in [4.69, 9.17) is 28.2 Å². The van der Waals surface area contributed by atoms with Crippen molar-refractivity contribution in [2.24, 2.45) is 5.92 Å². The molecular weight excluding hydrogens is 469 g/mol. The smallest absolute Gasteiger partial charge is 0.254 e. The van der Waals surface area contributed by atoms with Crippen LogP contribution >= 0.6 is 23.2 Å². The highest BCUT2D eigenvalue weighted by molar-refractivity contribution is 6.42. The molecule has 1 saturated heterocycles. The van der Waals surface area contributed by atoms with Gasteiger partial charge in [-0.3, -0.25) is 14.6 Å². The van der Waals surface area contributed by atoms with Gasteiger partial charge in [0.25, 0.3) is 5.91 Å². The van der Waals surface area contributed by atoms with Gasteiger partial charge in [-0.25, -0.2) is 4.98 Å². The largest absolute Gasteiger partial charge is 0.339 e. The van der Waals surface area contributed by atoms with Gasteiger partial charge in [0.15, 0.2) is 5.78 Å². The topological polar surface area (TPSA) is 63.2 Å². The number of Topliss-reactive ketones (excluding diaryl/α,β-unsaturated/α-hetero) is 1. The Kier molecular flexibility index (Phi) is 6.31. The number of likely N-dealkylation sites (tertiary alicyclic amines) is 1. The summed E-state index contributed by atoms with van der Waals surface area (Å²) in [5.74, 6) is -0.163. The number of nitrogens with zero attached hydrogens (tertiary/aromatic N) is 3. The Morgan fingerprint density at radius 3 is 2.44 bits per heavy atom. The van der Waals surface area contributed by atoms with Crippen LogP contribution in [-0.2, 0) is 0 Å². The molecule has 1 aliphatic heterocycles. The molecule has 5 nitrogen and oxygen atoms in total. The van der Waals surface area contributed by atoms with Crippen LogP contribution in [0.2, 0.25) is 10.0 Å². The first-order chi connectivity index (χ1) is 16.5. The average Bonchev–Trinajstić information content (AvgIpc) is 2.89. The molecular formula is C27H21Cl2N3O2. The number of amides is 1. The molecule has 1 fully saturated rings. The summed E-state index contributed by atoms with van der Waals surface area (Å²) in [5, 5.41) is 1.61. The monoisotopic (exact) mass is 489 g/mol. The first-order valence-corrected chi connectivity index (χ1v) is 11.9. The first-order valence-electron chi connectivity index (χ1n) is 11.1. The molecule has 170 valence electrons. The Bertz CT molecular complexity index is 1380. The van der Waals surface area contributed by atoms with Crippen molar-refractivity contribution < 1.29 is 9.59 Å². The Hall–Kier alpha value is -3.28. The van der Waals surface area contributed by atoms with Crippen molar-refractivity contribution in [2.45, 2.75) is 12.8 Å². The maximum atomic E-state index is 13.6. The number of carbonyl (C=O) groups is 2.